The third-order valence-electron chi connectivity index (χ3n) is 4.57. The lowest BCUT2D eigenvalue weighted by atomic mass is 10.0. The van der Waals surface area contributed by atoms with Gasteiger partial charge < -0.3 is 21.3 Å². The van der Waals surface area contributed by atoms with Crippen molar-refractivity contribution in [2.24, 2.45) is 11.7 Å². The minimum atomic E-state index is -0.607. The van der Waals surface area contributed by atoms with Crippen LogP contribution in [0.3, 0.4) is 0 Å². The molecule has 124 valence electrons. The van der Waals surface area contributed by atoms with Crippen LogP contribution in [-0.4, -0.2) is 42.5 Å². The van der Waals surface area contributed by atoms with E-state index in [1.807, 2.05) is 4.90 Å². The highest BCUT2D eigenvalue weighted by Gasteiger charge is 2.26. The molecule has 1 aliphatic carbocycles. The summed E-state index contributed by atoms with van der Waals surface area (Å²) < 4.78 is 0. The van der Waals surface area contributed by atoms with Crippen molar-refractivity contribution >= 4 is 17.6 Å². The van der Waals surface area contributed by atoms with Crippen LogP contribution >= 0.6 is 0 Å². The van der Waals surface area contributed by atoms with Gasteiger partial charge in [-0.15, -0.1) is 0 Å². The lowest BCUT2D eigenvalue weighted by Gasteiger charge is -2.32. The Labute approximate surface area is 136 Å². The molecule has 1 aromatic rings. The van der Waals surface area contributed by atoms with Crippen molar-refractivity contribution in [3.8, 4) is 0 Å². The van der Waals surface area contributed by atoms with E-state index in [2.05, 4.69) is 10.6 Å². The van der Waals surface area contributed by atoms with Crippen molar-refractivity contribution in [3.05, 3.63) is 29.8 Å². The Balaban J connectivity index is 1.49. The number of nitrogens with two attached hydrogens (primary N) is 1. The second-order valence-electron chi connectivity index (χ2n) is 6.48. The van der Waals surface area contributed by atoms with Gasteiger partial charge in [0.25, 0.3) is 5.91 Å². The summed E-state index contributed by atoms with van der Waals surface area (Å²) in [5.74, 6) is 0.943. The number of amides is 3. The third kappa shape index (κ3) is 4.45. The maximum atomic E-state index is 12.5. The third-order valence-corrected chi connectivity index (χ3v) is 4.57. The van der Waals surface area contributed by atoms with Crippen LogP contribution in [0.4, 0.5) is 10.5 Å². The zero-order valence-corrected chi connectivity index (χ0v) is 13.3. The summed E-state index contributed by atoms with van der Waals surface area (Å²) in [5, 5.41) is 6.11. The number of piperidine rings is 1. The lowest BCUT2D eigenvalue weighted by molar-refractivity contribution is 0.0705. The molecule has 4 N–H and O–H groups in total. The van der Waals surface area contributed by atoms with Crippen molar-refractivity contribution in [2.75, 3.05) is 25.0 Å². The second-order valence-corrected chi connectivity index (χ2v) is 6.48. The summed E-state index contributed by atoms with van der Waals surface area (Å²) in [7, 11) is 0. The molecule has 0 unspecified atom stereocenters. The van der Waals surface area contributed by atoms with E-state index >= 15 is 0 Å². The molecule has 2 aliphatic rings. The second kappa shape index (κ2) is 7.00. The van der Waals surface area contributed by atoms with Gasteiger partial charge >= 0.3 is 6.03 Å². The largest absolute Gasteiger partial charge is 0.351 e. The highest BCUT2D eigenvalue weighted by atomic mass is 16.2. The number of primary amides is 1. The molecule has 1 aliphatic heterocycles. The van der Waals surface area contributed by atoms with E-state index in [-0.39, 0.29) is 5.91 Å². The Morgan fingerprint density at radius 3 is 2.30 bits per heavy atom. The van der Waals surface area contributed by atoms with E-state index in [0.717, 1.165) is 38.4 Å². The number of hydrogen-bond donors (Lipinski definition) is 3. The van der Waals surface area contributed by atoms with E-state index in [9.17, 15) is 9.59 Å². The van der Waals surface area contributed by atoms with E-state index in [1.165, 1.54) is 12.8 Å². The number of nitrogens with one attached hydrogen (secondary N) is 2. The van der Waals surface area contributed by atoms with Crippen molar-refractivity contribution in [1.82, 2.24) is 10.2 Å². The van der Waals surface area contributed by atoms with Crippen LogP contribution in [0.15, 0.2) is 24.3 Å². The first-order chi connectivity index (χ1) is 11.1. The summed E-state index contributed by atoms with van der Waals surface area (Å²) in [6.07, 6.45) is 4.76. The van der Waals surface area contributed by atoms with Crippen molar-refractivity contribution in [2.45, 2.75) is 31.7 Å². The molecule has 2 fully saturated rings. The molecule has 1 heterocycles. The summed E-state index contributed by atoms with van der Waals surface area (Å²) in [5.41, 5.74) is 6.31. The molecule has 1 aromatic carbocycles. The van der Waals surface area contributed by atoms with E-state index in [4.69, 9.17) is 5.73 Å². The quantitative estimate of drug-likeness (QED) is 0.774. The summed E-state index contributed by atoms with van der Waals surface area (Å²) in [4.78, 5) is 25.2. The van der Waals surface area contributed by atoms with Crippen LogP contribution in [0.5, 0.6) is 0 Å². The van der Waals surface area contributed by atoms with Crippen molar-refractivity contribution in [1.29, 1.82) is 0 Å². The smallest absolute Gasteiger partial charge is 0.316 e. The molecule has 1 saturated carbocycles. The van der Waals surface area contributed by atoms with Crippen molar-refractivity contribution < 1.29 is 9.59 Å². The van der Waals surface area contributed by atoms with Gasteiger partial charge in [0.1, 0.15) is 0 Å². The van der Waals surface area contributed by atoms with E-state index in [0.29, 0.717) is 17.3 Å². The standard InChI is InChI=1S/C17H24N4O2/c18-17(23)20-15-5-3-13(4-6-15)16(22)21-9-7-14(8-10-21)19-11-12-1-2-12/h3-6,12,14,19H,1-2,7-11H2,(H3,18,20,23). The topological polar surface area (TPSA) is 87.5 Å². The molecular formula is C17H24N4O2. The molecule has 1 saturated heterocycles. The Morgan fingerprint density at radius 1 is 1.09 bits per heavy atom. The maximum Gasteiger partial charge on any atom is 0.316 e. The fraction of sp³-hybridized carbons (Fsp3) is 0.529. The predicted octanol–water partition coefficient (Wildman–Crippen LogP) is 1.78. The lowest BCUT2D eigenvalue weighted by Crippen LogP contribution is -2.45. The van der Waals surface area contributed by atoms with Gasteiger partial charge in [0.05, 0.1) is 0 Å². The SMILES string of the molecule is NC(=O)Nc1ccc(C(=O)N2CCC(NCC3CC3)CC2)cc1. The highest BCUT2D eigenvalue weighted by molar-refractivity contribution is 5.95. The van der Waals surface area contributed by atoms with Gasteiger partial charge in [-0.1, -0.05) is 0 Å². The summed E-state index contributed by atoms with van der Waals surface area (Å²) in [6, 6.07) is 6.78. The first-order valence-electron chi connectivity index (χ1n) is 8.31. The van der Waals surface area contributed by atoms with Gasteiger partial charge in [-0.05, 0) is 62.4 Å². The molecule has 23 heavy (non-hydrogen) atoms. The number of urea groups is 1. The van der Waals surface area contributed by atoms with Gasteiger partial charge in [-0.2, -0.15) is 0 Å². The Bertz CT molecular complexity index is 560. The van der Waals surface area contributed by atoms with E-state index in [1.54, 1.807) is 24.3 Å². The zero-order chi connectivity index (χ0) is 16.2. The fourth-order valence-corrected chi connectivity index (χ4v) is 2.96. The zero-order valence-electron chi connectivity index (χ0n) is 13.3. The number of rotatable bonds is 5. The van der Waals surface area contributed by atoms with Crippen LogP contribution in [0.1, 0.15) is 36.0 Å². The first kappa shape index (κ1) is 15.8. The molecule has 6 nitrogen and oxygen atoms in total. The number of anilines is 1. The molecule has 0 bridgehead atoms. The molecule has 0 spiro atoms. The fourth-order valence-electron chi connectivity index (χ4n) is 2.96. The Kier molecular flexibility index (Phi) is 4.81. The monoisotopic (exact) mass is 316 g/mol. The van der Waals surface area contributed by atoms with Gasteiger partial charge in [0.2, 0.25) is 0 Å². The number of carbonyl (C=O) groups is 2. The number of carbonyl (C=O) groups excluding carboxylic acids is 2. The molecule has 6 heteroatoms. The summed E-state index contributed by atoms with van der Waals surface area (Å²) in [6.45, 7) is 2.72. The van der Waals surface area contributed by atoms with Gasteiger partial charge in [-0.25, -0.2) is 4.79 Å². The Hall–Kier alpha value is -2.08. The molecule has 3 rings (SSSR count). The minimum absolute atomic E-state index is 0.0521. The minimum Gasteiger partial charge on any atom is -0.351 e. The molecule has 3 amide bonds. The van der Waals surface area contributed by atoms with E-state index < -0.39 is 6.03 Å². The number of nitrogens with zero attached hydrogens (tertiary/aromatic N) is 1. The number of likely N-dealkylation sites (tertiary alicyclic amines) is 1. The normalized spacial score (nSPS) is 18.7. The average Bonchev–Trinajstić information content (AvgIpc) is 3.37. The van der Waals surface area contributed by atoms with Crippen LogP contribution < -0.4 is 16.4 Å². The maximum absolute atomic E-state index is 12.5. The van der Waals surface area contributed by atoms with Gasteiger partial charge in [0, 0.05) is 30.4 Å². The highest BCUT2D eigenvalue weighted by Crippen LogP contribution is 2.28. The summed E-state index contributed by atoms with van der Waals surface area (Å²) >= 11 is 0. The van der Waals surface area contributed by atoms with Crippen LogP contribution in [0, 0.1) is 5.92 Å². The number of hydrogen-bond acceptors (Lipinski definition) is 3. The molecular weight excluding hydrogens is 292 g/mol. The number of benzene rings is 1. The first-order valence-corrected chi connectivity index (χ1v) is 8.31. The predicted molar refractivity (Wildman–Crippen MR) is 89.3 cm³/mol. The van der Waals surface area contributed by atoms with Gasteiger partial charge in [0.15, 0.2) is 0 Å². The van der Waals surface area contributed by atoms with Gasteiger partial charge in [-0.3, -0.25) is 4.79 Å². The molecule has 0 atom stereocenters. The molecule has 0 aromatic heterocycles. The van der Waals surface area contributed by atoms with Crippen LogP contribution in [0.2, 0.25) is 0 Å². The average molecular weight is 316 g/mol. The van der Waals surface area contributed by atoms with Crippen LogP contribution in [0.25, 0.3) is 0 Å². The van der Waals surface area contributed by atoms with Crippen molar-refractivity contribution in [3.63, 3.8) is 0 Å². The molecule has 0 radical (unpaired) electrons. The van der Waals surface area contributed by atoms with Crippen LogP contribution in [-0.2, 0) is 0 Å². The Morgan fingerprint density at radius 2 is 1.74 bits per heavy atom.